The minimum absolute atomic E-state index is 0.0445. The van der Waals surface area contributed by atoms with Gasteiger partial charge < -0.3 is 10.2 Å². The lowest BCUT2D eigenvalue weighted by Crippen LogP contribution is -2.46. The highest BCUT2D eigenvalue weighted by atomic mass is 35.5. The summed E-state index contributed by atoms with van der Waals surface area (Å²) in [5, 5.41) is 4.16. The van der Waals surface area contributed by atoms with E-state index in [1.54, 1.807) is 11.8 Å². The molecule has 5 heteroatoms. The highest BCUT2D eigenvalue weighted by molar-refractivity contribution is 8.00. The van der Waals surface area contributed by atoms with E-state index in [1.807, 2.05) is 31.2 Å². The van der Waals surface area contributed by atoms with Gasteiger partial charge >= 0.3 is 0 Å². The Kier molecular flexibility index (Phi) is 5.00. The Morgan fingerprint density at radius 3 is 2.55 bits per heavy atom. The predicted octanol–water partition coefficient (Wildman–Crippen LogP) is 3.42. The molecule has 3 rings (SSSR count). The second-order valence-corrected chi connectivity index (χ2v) is 8.32. The van der Waals surface area contributed by atoms with Crippen molar-refractivity contribution < 1.29 is 4.79 Å². The van der Waals surface area contributed by atoms with Gasteiger partial charge in [-0.25, -0.2) is 0 Å². The molecular formula is C17H23ClN2OS. The topological polar surface area (TPSA) is 32.3 Å². The highest BCUT2D eigenvalue weighted by Crippen LogP contribution is 2.37. The average molecular weight is 339 g/mol. The molecule has 0 bridgehead atoms. The van der Waals surface area contributed by atoms with Crippen molar-refractivity contribution in [3.63, 3.8) is 0 Å². The maximum Gasteiger partial charge on any atom is 0.235 e. The largest absolute Gasteiger partial charge is 0.342 e. The summed E-state index contributed by atoms with van der Waals surface area (Å²) in [5.74, 6) is 0.265. The molecule has 1 aromatic carbocycles. The second-order valence-electron chi connectivity index (χ2n) is 6.47. The van der Waals surface area contributed by atoms with Gasteiger partial charge in [-0.05, 0) is 62.4 Å². The molecule has 1 aromatic rings. The number of benzene rings is 1. The standard InChI is InChI=1S/C17H23ClN2OS/c1-13(22-15-4-2-14(18)3-5-15)16(21)20-10-7-17(8-11-20)6-9-19-12-17/h2-5,13,19H,6-12H2,1H3. The van der Waals surface area contributed by atoms with Crippen molar-refractivity contribution in [1.29, 1.82) is 0 Å². The van der Waals surface area contributed by atoms with Crippen LogP contribution in [-0.2, 0) is 4.79 Å². The lowest BCUT2D eigenvalue weighted by atomic mass is 9.78. The number of nitrogens with one attached hydrogen (secondary N) is 1. The smallest absolute Gasteiger partial charge is 0.235 e. The van der Waals surface area contributed by atoms with Crippen LogP contribution in [0.15, 0.2) is 29.2 Å². The summed E-state index contributed by atoms with van der Waals surface area (Å²) in [6.45, 7) is 6.09. The first-order valence-corrected chi connectivity index (χ1v) is 9.26. The van der Waals surface area contributed by atoms with Crippen LogP contribution in [0.1, 0.15) is 26.2 Å². The van der Waals surface area contributed by atoms with Gasteiger partial charge in [-0.2, -0.15) is 0 Å². The average Bonchev–Trinajstić information content (AvgIpc) is 2.98. The molecule has 2 heterocycles. The third-order valence-electron chi connectivity index (χ3n) is 4.94. The fraction of sp³-hybridized carbons (Fsp3) is 0.588. The van der Waals surface area contributed by atoms with Crippen LogP contribution in [0.2, 0.25) is 5.02 Å². The number of rotatable bonds is 3. The first kappa shape index (κ1) is 16.2. The number of nitrogens with zero attached hydrogens (tertiary/aromatic N) is 1. The molecule has 1 N–H and O–H groups in total. The van der Waals surface area contributed by atoms with E-state index in [2.05, 4.69) is 10.2 Å². The van der Waals surface area contributed by atoms with Crippen LogP contribution in [0.5, 0.6) is 0 Å². The van der Waals surface area contributed by atoms with Crippen molar-refractivity contribution in [2.75, 3.05) is 26.2 Å². The molecule has 120 valence electrons. The van der Waals surface area contributed by atoms with Crippen LogP contribution in [0.4, 0.5) is 0 Å². The SMILES string of the molecule is CC(Sc1ccc(Cl)cc1)C(=O)N1CCC2(CCNC2)CC1. The maximum atomic E-state index is 12.6. The van der Waals surface area contributed by atoms with Crippen molar-refractivity contribution in [2.24, 2.45) is 5.41 Å². The monoisotopic (exact) mass is 338 g/mol. The van der Waals surface area contributed by atoms with Crippen molar-refractivity contribution >= 4 is 29.3 Å². The Morgan fingerprint density at radius 2 is 1.95 bits per heavy atom. The van der Waals surface area contributed by atoms with Crippen molar-refractivity contribution in [3.8, 4) is 0 Å². The summed E-state index contributed by atoms with van der Waals surface area (Å²) in [7, 11) is 0. The molecule has 3 nitrogen and oxygen atoms in total. The summed E-state index contributed by atoms with van der Waals surface area (Å²) in [6.07, 6.45) is 3.55. The summed E-state index contributed by atoms with van der Waals surface area (Å²) in [6, 6.07) is 7.70. The quantitative estimate of drug-likeness (QED) is 0.857. The number of carbonyl (C=O) groups excluding carboxylic acids is 1. The van der Waals surface area contributed by atoms with Gasteiger partial charge in [0.1, 0.15) is 0 Å². The van der Waals surface area contributed by atoms with Crippen LogP contribution in [-0.4, -0.2) is 42.2 Å². The van der Waals surface area contributed by atoms with E-state index in [9.17, 15) is 4.79 Å². The van der Waals surface area contributed by atoms with Gasteiger partial charge in [-0.3, -0.25) is 4.79 Å². The third-order valence-corrected chi connectivity index (χ3v) is 6.29. The van der Waals surface area contributed by atoms with E-state index in [0.717, 1.165) is 48.9 Å². The molecule has 2 aliphatic rings. The van der Waals surface area contributed by atoms with Gasteiger partial charge in [0.25, 0.3) is 0 Å². The second kappa shape index (κ2) is 6.81. The first-order valence-electron chi connectivity index (χ1n) is 8.00. The zero-order valence-electron chi connectivity index (χ0n) is 13.0. The van der Waals surface area contributed by atoms with Crippen LogP contribution < -0.4 is 5.32 Å². The highest BCUT2D eigenvalue weighted by Gasteiger charge is 2.38. The number of likely N-dealkylation sites (tertiary alicyclic amines) is 1. The van der Waals surface area contributed by atoms with Crippen LogP contribution in [0, 0.1) is 5.41 Å². The molecule has 1 atom stereocenters. The van der Waals surface area contributed by atoms with E-state index in [-0.39, 0.29) is 11.2 Å². The van der Waals surface area contributed by atoms with Gasteiger partial charge in [0.2, 0.25) is 5.91 Å². The van der Waals surface area contributed by atoms with Crippen LogP contribution in [0.25, 0.3) is 0 Å². The Morgan fingerprint density at radius 1 is 1.27 bits per heavy atom. The Balaban J connectivity index is 1.54. The van der Waals surface area contributed by atoms with E-state index in [0.29, 0.717) is 5.41 Å². The molecule has 1 amide bonds. The molecule has 0 aliphatic carbocycles. The predicted molar refractivity (Wildman–Crippen MR) is 92.5 cm³/mol. The molecule has 2 fully saturated rings. The summed E-state index contributed by atoms with van der Waals surface area (Å²) < 4.78 is 0. The lowest BCUT2D eigenvalue weighted by molar-refractivity contribution is -0.132. The summed E-state index contributed by atoms with van der Waals surface area (Å²) >= 11 is 7.52. The Labute approximate surface area is 141 Å². The van der Waals surface area contributed by atoms with Crippen molar-refractivity contribution in [3.05, 3.63) is 29.3 Å². The van der Waals surface area contributed by atoms with Gasteiger partial charge in [-0.1, -0.05) is 11.6 Å². The van der Waals surface area contributed by atoms with Crippen molar-refractivity contribution in [1.82, 2.24) is 10.2 Å². The number of piperidine rings is 1. The van der Waals surface area contributed by atoms with E-state index in [1.165, 1.54) is 6.42 Å². The number of thioether (sulfide) groups is 1. The van der Waals surface area contributed by atoms with Gasteiger partial charge in [0.15, 0.2) is 0 Å². The fourth-order valence-electron chi connectivity index (χ4n) is 3.45. The van der Waals surface area contributed by atoms with E-state index < -0.39 is 0 Å². The molecule has 0 saturated carbocycles. The van der Waals surface area contributed by atoms with E-state index in [4.69, 9.17) is 11.6 Å². The number of carbonyl (C=O) groups is 1. The zero-order chi connectivity index (χ0) is 15.6. The molecule has 1 unspecified atom stereocenters. The van der Waals surface area contributed by atoms with Gasteiger partial charge in [-0.15, -0.1) is 11.8 Å². The van der Waals surface area contributed by atoms with Crippen molar-refractivity contribution in [2.45, 2.75) is 36.3 Å². The van der Waals surface area contributed by atoms with Crippen LogP contribution in [0.3, 0.4) is 0 Å². The molecule has 1 spiro atoms. The zero-order valence-corrected chi connectivity index (χ0v) is 14.6. The normalized spacial score (nSPS) is 22.0. The third kappa shape index (κ3) is 3.61. The Bertz CT molecular complexity index is 518. The first-order chi connectivity index (χ1) is 10.6. The minimum Gasteiger partial charge on any atom is -0.342 e. The van der Waals surface area contributed by atoms with Gasteiger partial charge in [0.05, 0.1) is 5.25 Å². The van der Waals surface area contributed by atoms with Gasteiger partial charge in [0, 0.05) is 29.6 Å². The summed E-state index contributed by atoms with van der Waals surface area (Å²) in [4.78, 5) is 15.8. The number of amides is 1. The molecule has 2 saturated heterocycles. The molecular weight excluding hydrogens is 316 g/mol. The fourth-order valence-corrected chi connectivity index (χ4v) is 4.53. The molecule has 22 heavy (non-hydrogen) atoms. The van der Waals surface area contributed by atoms with E-state index >= 15 is 0 Å². The summed E-state index contributed by atoms with van der Waals surface area (Å²) in [5.41, 5.74) is 0.462. The van der Waals surface area contributed by atoms with Crippen LogP contribution >= 0.6 is 23.4 Å². The molecule has 0 aromatic heterocycles. The molecule has 2 aliphatic heterocycles. The number of hydrogen-bond acceptors (Lipinski definition) is 3. The maximum absolute atomic E-state index is 12.6. The number of halogens is 1. The minimum atomic E-state index is -0.0445. The molecule has 0 radical (unpaired) electrons. The number of hydrogen-bond donors (Lipinski definition) is 1. The Hall–Kier alpha value is -0.710. The lowest BCUT2D eigenvalue weighted by Gasteiger charge is -2.39.